The van der Waals surface area contributed by atoms with E-state index in [1.54, 1.807) is 16.7 Å². The highest BCUT2D eigenvalue weighted by molar-refractivity contribution is 7.99. The van der Waals surface area contributed by atoms with E-state index >= 15 is 0 Å². The van der Waals surface area contributed by atoms with Crippen molar-refractivity contribution in [2.75, 3.05) is 40.9 Å². The van der Waals surface area contributed by atoms with E-state index in [1.165, 1.54) is 4.90 Å². The van der Waals surface area contributed by atoms with Crippen LogP contribution in [0, 0.1) is 11.6 Å². The lowest BCUT2D eigenvalue weighted by molar-refractivity contribution is -0.118. The minimum atomic E-state index is -0.699. The summed E-state index contributed by atoms with van der Waals surface area (Å²) >= 11 is 1.75. The Bertz CT molecular complexity index is 660. The van der Waals surface area contributed by atoms with Gasteiger partial charge >= 0.3 is 6.09 Å². The summed E-state index contributed by atoms with van der Waals surface area (Å²) in [6.07, 6.45) is -0.841. The zero-order chi connectivity index (χ0) is 18.0. The Hall–Kier alpha value is -2.03. The summed E-state index contributed by atoms with van der Waals surface area (Å²) in [6, 6.07) is 2.30. The van der Waals surface area contributed by atoms with Crippen LogP contribution in [0.15, 0.2) is 12.1 Å². The van der Waals surface area contributed by atoms with Gasteiger partial charge in [-0.15, -0.1) is 0 Å². The Labute approximate surface area is 148 Å². The molecule has 2 fully saturated rings. The summed E-state index contributed by atoms with van der Waals surface area (Å²) in [6.45, 7) is 1.29. The van der Waals surface area contributed by atoms with Crippen molar-refractivity contribution in [3.05, 3.63) is 23.8 Å². The van der Waals surface area contributed by atoms with E-state index in [4.69, 9.17) is 10.5 Å². The van der Waals surface area contributed by atoms with E-state index in [9.17, 15) is 18.4 Å². The number of cyclic esters (lactones) is 1. The molecular formula is C16H19F2N3O3S. The summed E-state index contributed by atoms with van der Waals surface area (Å²) in [5.41, 5.74) is 5.13. The SMILES string of the molecule is NC(=O)CC[C@H]1CN(c2cc(F)c(N3CCSCC3)c(F)c2)C(=O)O1. The summed E-state index contributed by atoms with van der Waals surface area (Å²) < 4.78 is 34.1. The van der Waals surface area contributed by atoms with E-state index in [0.717, 1.165) is 23.6 Å². The van der Waals surface area contributed by atoms with Crippen LogP contribution >= 0.6 is 11.8 Å². The van der Waals surface area contributed by atoms with Crippen molar-refractivity contribution in [3.63, 3.8) is 0 Å². The van der Waals surface area contributed by atoms with Crippen LogP contribution in [-0.4, -0.2) is 49.2 Å². The molecule has 0 aromatic heterocycles. The molecule has 1 aromatic rings. The number of nitrogens with zero attached hydrogens (tertiary/aromatic N) is 2. The third kappa shape index (κ3) is 3.97. The number of ether oxygens (including phenoxy) is 1. The number of thioether (sulfide) groups is 1. The first-order chi connectivity index (χ1) is 12.0. The number of carbonyl (C=O) groups excluding carboxylic acids is 2. The molecule has 9 heteroatoms. The molecule has 2 amide bonds. The van der Waals surface area contributed by atoms with Gasteiger partial charge in [-0.25, -0.2) is 13.6 Å². The van der Waals surface area contributed by atoms with Crippen molar-refractivity contribution in [1.82, 2.24) is 0 Å². The molecule has 2 aliphatic heterocycles. The van der Waals surface area contributed by atoms with Crippen molar-refractivity contribution in [1.29, 1.82) is 0 Å². The van der Waals surface area contributed by atoms with Crippen LogP contribution < -0.4 is 15.5 Å². The molecule has 1 atom stereocenters. The quantitative estimate of drug-likeness (QED) is 0.858. The van der Waals surface area contributed by atoms with Gasteiger partial charge in [-0.2, -0.15) is 11.8 Å². The average molecular weight is 371 g/mol. The number of nitrogens with two attached hydrogens (primary N) is 1. The fraction of sp³-hybridized carbons (Fsp3) is 0.500. The molecule has 6 nitrogen and oxygen atoms in total. The maximum atomic E-state index is 14.5. The molecule has 0 radical (unpaired) electrons. The molecule has 25 heavy (non-hydrogen) atoms. The molecule has 2 aliphatic rings. The zero-order valence-electron chi connectivity index (χ0n) is 13.5. The number of rotatable bonds is 5. The molecule has 0 saturated carbocycles. The highest BCUT2D eigenvalue weighted by atomic mass is 32.2. The van der Waals surface area contributed by atoms with Crippen molar-refractivity contribution in [3.8, 4) is 0 Å². The summed E-state index contributed by atoms with van der Waals surface area (Å²) in [7, 11) is 0. The van der Waals surface area contributed by atoms with Gasteiger partial charge in [0, 0.05) is 43.1 Å². The summed E-state index contributed by atoms with van der Waals surface area (Å²) in [4.78, 5) is 25.7. The van der Waals surface area contributed by atoms with Crippen LogP contribution in [-0.2, 0) is 9.53 Å². The molecule has 2 heterocycles. The maximum absolute atomic E-state index is 14.5. The zero-order valence-corrected chi connectivity index (χ0v) is 14.4. The van der Waals surface area contributed by atoms with Crippen LogP contribution in [0.2, 0.25) is 0 Å². The van der Waals surface area contributed by atoms with Crippen LogP contribution in [0.25, 0.3) is 0 Å². The minimum absolute atomic E-state index is 0.0538. The number of primary amides is 1. The van der Waals surface area contributed by atoms with Crippen molar-refractivity contribution >= 4 is 35.1 Å². The Morgan fingerprint density at radius 3 is 2.52 bits per heavy atom. The molecule has 2 saturated heterocycles. The number of anilines is 2. The lowest BCUT2D eigenvalue weighted by atomic mass is 10.1. The van der Waals surface area contributed by atoms with E-state index in [-0.39, 0.29) is 30.8 Å². The van der Waals surface area contributed by atoms with Gasteiger partial charge in [-0.1, -0.05) is 0 Å². The number of amides is 2. The van der Waals surface area contributed by atoms with Crippen molar-refractivity contribution < 1.29 is 23.1 Å². The van der Waals surface area contributed by atoms with E-state index < -0.39 is 29.7 Å². The lowest BCUT2D eigenvalue weighted by Crippen LogP contribution is -2.34. The largest absolute Gasteiger partial charge is 0.444 e. The Morgan fingerprint density at radius 2 is 1.92 bits per heavy atom. The fourth-order valence-corrected chi connectivity index (χ4v) is 3.89. The Balaban J connectivity index is 1.76. The maximum Gasteiger partial charge on any atom is 0.414 e. The molecule has 0 bridgehead atoms. The molecule has 0 spiro atoms. The average Bonchev–Trinajstić information content (AvgIpc) is 2.94. The Morgan fingerprint density at radius 1 is 1.28 bits per heavy atom. The second-order valence-corrected chi connectivity index (χ2v) is 7.20. The lowest BCUT2D eigenvalue weighted by Gasteiger charge is -2.29. The first-order valence-corrected chi connectivity index (χ1v) is 9.19. The van der Waals surface area contributed by atoms with Crippen LogP contribution in [0.3, 0.4) is 0 Å². The summed E-state index contributed by atoms with van der Waals surface area (Å²) in [5.74, 6) is -0.248. The Kier molecular flexibility index (Phi) is 5.31. The van der Waals surface area contributed by atoms with Gasteiger partial charge in [0.05, 0.1) is 12.2 Å². The van der Waals surface area contributed by atoms with E-state index in [1.807, 2.05) is 0 Å². The van der Waals surface area contributed by atoms with Gasteiger partial charge in [0.25, 0.3) is 0 Å². The van der Waals surface area contributed by atoms with Gasteiger partial charge in [-0.3, -0.25) is 9.69 Å². The van der Waals surface area contributed by atoms with Crippen molar-refractivity contribution in [2.24, 2.45) is 5.73 Å². The normalized spacial score (nSPS) is 20.7. The fourth-order valence-electron chi connectivity index (χ4n) is 2.98. The van der Waals surface area contributed by atoms with E-state index in [0.29, 0.717) is 13.1 Å². The molecule has 1 aromatic carbocycles. The monoisotopic (exact) mass is 371 g/mol. The standard InChI is InChI=1S/C16H19F2N3O3S/c17-12-7-10(8-13(18)15(12)20-3-5-25-6-4-20)21-9-11(24-16(21)23)1-2-14(19)22/h7-8,11H,1-6,9H2,(H2,19,22)/t11-/m0/s1. The molecule has 136 valence electrons. The molecular weight excluding hydrogens is 352 g/mol. The smallest absolute Gasteiger partial charge is 0.414 e. The molecule has 0 unspecified atom stereocenters. The van der Waals surface area contributed by atoms with Crippen molar-refractivity contribution in [2.45, 2.75) is 18.9 Å². The van der Waals surface area contributed by atoms with Gasteiger partial charge < -0.3 is 15.4 Å². The number of halogens is 2. The van der Waals surface area contributed by atoms with Gasteiger partial charge in [0.1, 0.15) is 11.8 Å². The summed E-state index contributed by atoms with van der Waals surface area (Å²) in [5, 5.41) is 0. The third-order valence-corrected chi connectivity index (χ3v) is 5.17. The van der Waals surface area contributed by atoms with Gasteiger partial charge in [-0.05, 0) is 6.42 Å². The van der Waals surface area contributed by atoms with Crippen LogP contribution in [0.4, 0.5) is 25.0 Å². The molecule has 2 N–H and O–H groups in total. The number of hydrogen-bond acceptors (Lipinski definition) is 5. The molecule has 0 aliphatic carbocycles. The first-order valence-electron chi connectivity index (χ1n) is 8.04. The van der Waals surface area contributed by atoms with Crippen LogP contribution in [0.5, 0.6) is 0 Å². The molecule has 3 rings (SSSR count). The second-order valence-electron chi connectivity index (χ2n) is 5.98. The number of benzene rings is 1. The highest BCUT2D eigenvalue weighted by Crippen LogP contribution is 2.32. The van der Waals surface area contributed by atoms with Gasteiger partial charge in [0.2, 0.25) is 5.91 Å². The first kappa shape index (κ1) is 17.8. The third-order valence-electron chi connectivity index (χ3n) is 4.23. The predicted molar refractivity (Wildman–Crippen MR) is 91.9 cm³/mol. The highest BCUT2D eigenvalue weighted by Gasteiger charge is 2.33. The van der Waals surface area contributed by atoms with Gasteiger partial charge in [0.15, 0.2) is 11.6 Å². The number of hydrogen-bond donors (Lipinski definition) is 1. The second kappa shape index (κ2) is 7.47. The minimum Gasteiger partial charge on any atom is -0.444 e. The number of carbonyl (C=O) groups is 2. The predicted octanol–water partition coefficient (Wildman–Crippen LogP) is 2.11. The van der Waals surface area contributed by atoms with E-state index in [2.05, 4.69) is 0 Å². The topological polar surface area (TPSA) is 75.9 Å². The van der Waals surface area contributed by atoms with Crippen LogP contribution in [0.1, 0.15) is 12.8 Å².